The van der Waals surface area contributed by atoms with Crippen LogP contribution >= 0.6 is 0 Å². The molecule has 1 rings (SSSR count). The molecule has 1 fully saturated rings. The van der Waals surface area contributed by atoms with Gasteiger partial charge in [0.25, 0.3) is 0 Å². The Morgan fingerprint density at radius 2 is 2.14 bits per heavy atom. The van der Waals surface area contributed by atoms with Crippen molar-refractivity contribution in [3.63, 3.8) is 0 Å². The fraction of sp³-hybridized carbons (Fsp3) is 1.00. The molecule has 0 aromatic heterocycles. The van der Waals surface area contributed by atoms with Gasteiger partial charge in [0.15, 0.2) is 0 Å². The maximum absolute atomic E-state index is 11.6. The molecular weight excluding hydrogens is 194 g/mol. The van der Waals surface area contributed by atoms with Crippen molar-refractivity contribution in [1.29, 1.82) is 0 Å². The smallest absolute Gasteiger partial charge is 0.0291 e. The van der Waals surface area contributed by atoms with E-state index >= 15 is 0 Å². The van der Waals surface area contributed by atoms with Gasteiger partial charge in [0.1, 0.15) is 0 Å². The third kappa shape index (κ3) is 3.35. The summed E-state index contributed by atoms with van der Waals surface area (Å²) in [6.45, 7) is 4.08. The lowest BCUT2D eigenvalue weighted by molar-refractivity contribution is 0.416. The Balaban J connectivity index is 2.27. The molecule has 0 saturated heterocycles. The van der Waals surface area contributed by atoms with E-state index < -0.39 is 10.8 Å². The second-order valence-corrected chi connectivity index (χ2v) is 6.62. The summed E-state index contributed by atoms with van der Waals surface area (Å²) in [7, 11) is 1.43. The largest absolute Gasteiger partial charge is 0.317 e. The molecule has 3 unspecified atom stereocenters. The molecule has 0 spiro atoms. The van der Waals surface area contributed by atoms with Gasteiger partial charge in [-0.2, -0.15) is 0 Å². The number of hydrogen-bond donors (Lipinski definition) is 1. The Labute approximate surface area is 90.3 Å². The summed E-state index contributed by atoms with van der Waals surface area (Å²) in [6.07, 6.45) is 5.09. The summed E-state index contributed by atoms with van der Waals surface area (Å²) in [6, 6.07) is 0.680. The second-order valence-electron chi connectivity index (χ2n) is 4.51. The lowest BCUT2D eigenvalue weighted by Gasteiger charge is -2.18. The highest BCUT2D eigenvalue weighted by molar-refractivity contribution is 7.85. The van der Waals surface area contributed by atoms with Gasteiger partial charge in [-0.05, 0) is 32.2 Å². The van der Waals surface area contributed by atoms with Crippen molar-refractivity contribution >= 4 is 10.8 Å². The highest BCUT2D eigenvalue weighted by Crippen LogP contribution is 2.28. The summed E-state index contributed by atoms with van der Waals surface area (Å²) in [5.74, 6) is 1.66. The third-order valence-corrected chi connectivity index (χ3v) is 4.94. The fourth-order valence-corrected chi connectivity index (χ4v) is 3.27. The van der Waals surface area contributed by atoms with Crippen molar-refractivity contribution in [2.75, 3.05) is 12.8 Å². The molecule has 0 aromatic rings. The Hall–Kier alpha value is 0.110. The van der Waals surface area contributed by atoms with Crippen molar-refractivity contribution in [2.24, 2.45) is 5.92 Å². The van der Waals surface area contributed by atoms with E-state index in [9.17, 15) is 4.21 Å². The Morgan fingerprint density at radius 3 is 2.71 bits per heavy atom. The van der Waals surface area contributed by atoms with Crippen LogP contribution in [0.2, 0.25) is 0 Å². The molecule has 0 heterocycles. The van der Waals surface area contributed by atoms with E-state index in [1.807, 2.05) is 20.9 Å². The number of nitrogens with one attached hydrogen (secondary N) is 1. The third-order valence-electron chi connectivity index (χ3n) is 3.25. The SMILES string of the molecule is CNC1CCCC1CCS(=O)C(C)C. The summed E-state index contributed by atoms with van der Waals surface area (Å²) >= 11 is 0. The molecule has 1 N–H and O–H groups in total. The minimum atomic E-state index is -0.612. The average molecular weight is 217 g/mol. The first-order valence-electron chi connectivity index (χ1n) is 5.69. The van der Waals surface area contributed by atoms with Gasteiger partial charge < -0.3 is 5.32 Å². The van der Waals surface area contributed by atoms with Crippen molar-refractivity contribution in [3.05, 3.63) is 0 Å². The second kappa shape index (κ2) is 5.86. The van der Waals surface area contributed by atoms with Crippen LogP contribution in [0.5, 0.6) is 0 Å². The Morgan fingerprint density at radius 1 is 1.43 bits per heavy atom. The molecule has 14 heavy (non-hydrogen) atoms. The van der Waals surface area contributed by atoms with Crippen molar-refractivity contribution in [1.82, 2.24) is 5.32 Å². The van der Waals surface area contributed by atoms with Gasteiger partial charge >= 0.3 is 0 Å². The van der Waals surface area contributed by atoms with E-state index in [0.717, 1.165) is 18.1 Å². The van der Waals surface area contributed by atoms with Crippen LogP contribution in [0.15, 0.2) is 0 Å². The van der Waals surface area contributed by atoms with Gasteiger partial charge in [0, 0.05) is 27.8 Å². The maximum atomic E-state index is 11.6. The highest BCUT2D eigenvalue weighted by atomic mass is 32.2. The fourth-order valence-electron chi connectivity index (χ4n) is 2.27. The van der Waals surface area contributed by atoms with Crippen LogP contribution in [0.3, 0.4) is 0 Å². The van der Waals surface area contributed by atoms with E-state index in [0.29, 0.717) is 11.3 Å². The molecule has 1 saturated carbocycles. The number of hydrogen-bond acceptors (Lipinski definition) is 2. The van der Waals surface area contributed by atoms with E-state index in [2.05, 4.69) is 5.32 Å². The normalized spacial score (nSPS) is 29.7. The van der Waals surface area contributed by atoms with E-state index in [1.54, 1.807) is 0 Å². The van der Waals surface area contributed by atoms with Crippen molar-refractivity contribution in [3.8, 4) is 0 Å². The van der Waals surface area contributed by atoms with E-state index in [4.69, 9.17) is 0 Å². The summed E-state index contributed by atoms with van der Waals surface area (Å²) in [5, 5.41) is 3.69. The molecule has 84 valence electrons. The van der Waals surface area contributed by atoms with Crippen LogP contribution < -0.4 is 5.32 Å². The monoisotopic (exact) mass is 217 g/mol. The molecule has 0 bridgehead atoms. The summed E-state index contributed by atoms with van der Waals surface area (Å²) in [4.78, 5) is 0. The lowest BCUT2D eigenvalue weighted by atomic mass is 10.0. The van der Waals surface area contributed by atoms with Gasteiger partial charge in [-0.1, -0.05) is 20.3 Å². The van der Waals surface area contributed by atoms with Gasteiger partial charge in [-0.15, -0.1) is 0 Å². The van der Waals surface area contributed by atoms with E-state index in [-0.39, 0.29) is 0 Å². The van der Waals surface area contributed by atoms with Crippen molar-refractivity contribution < 1.29 is 4.21 Å². The topological polar surface area (TPSA) is 29.1 Å². The number of rotatable bonds is 5. The molecule has 3 heteroatoms. The molecule has 1 aliphatic rings. The summed E-state index contributed by atoms with van der Waals surface area (Å²) in [5.41, 5.74) is 0. The first-order valence-corrected chi connectivity index (χ1v) is 7.07. The minimum Gasteiger partial charge on any atom is -0.317 e. The zero-order chi connectivity index (χ0) is 10.6. The van der Waals surface area contributed by atoms with Crippen LogP contribution in [0.4, 0.5) is 0 Å². The van der Waals surface area contributed by atoms with Crippen LogP contribution in [-0.4, -0.2) is 28.3 Å². The van der Waals surface area contributed by atoms with Gasteiger partial charge in [0.2, 0.25) is 0 Å². The van der Waals surface area contributed by atoms with Crippen molar-refractivity contribution in [2.45, 2.75) is 50.8 Å². The van der Waals surface area contributed by atoms with Crippen LogP contribution in [-0.2, 0) is 10.8 Å². The quantitative estimate of drug-likeness (QED) is 0.762. The average Bonchev–Trinajstić information content (AvgIpc) is 2.60. The molecule has 2 nitrogen and oxygen atoms in total. The molecule has 3 atom stereocenters. The Kier molecular flexibility index (Phi) is 5.10. The molecule has 1 aliphatic carbocycles. The molecular formula is C11H23NOS. The molecule has 0 aliphatic heterocycles. The zero-order valence-electron chi connectivity index (χ0n) is 9.58. The standard InChI is InChI=1S/C11H23NOS/c1-9(2)14(13)8-7-10-5-4-6-11(10)12-3/h9-12H,4-8H2,1-3H3. The zero-order valence-corrected chi connectivity index (χ0v) is 10.4. The Bertz CT molecular complexity index is 194. The first kappa shape index (κ1) is 12.2. The predicted molar refractivity (Wildman–Crippen MR) is 63.0 cm³/mol. The van der Waals surface area contributed by atoms with Crippen LogP contribution in [0.1, 0.15) is 39.5 Å². The first-order chi connectivity index (χ1) is 6.65. The summed E-state index contributed by atoms with van der Waals surface area (Å²) < 4.78 is 11.6. The predicted octanol–water partition coefficient (Wildman–Crippen LogP) is 1.92. The van der Waals surface area contributed by atoms with Gasteiger partial charge in [-0.3, -0.25) is 4.21 Å². The maximum Gasteiger partial charge on any atom is 0.0291 e. The molecule has 0 radical (unpaired) electrons. The molecule has 0 aromatic carbocycles. The molecule has 0 amide bonds. The van der Waals surface area contributed by atoms with Crippen LogP contribution in [0, 0.1) is 5.92 Å². The van der Waals surface area contributed by atoms with Gasteiger partial charge in [0.05, 0.1) is 0 Å². The minimum absolute atomic E-state index is 0.324. The van der Waals surface area contributed by atoms with E-state index in [1.165, 1.54) is 19.3 Å². The van der Waals surface area contributed by atoms with Crippen LogP contribution in [0.25, 0.3) is 0 Å². The van der Waals surface area contributed by atoms with Gasteiger partial charge in [-0.25, -0.2) is 0 Å². The lowest BCUT2D eigenvalue weighted by Crippen LogP contribution is -2.30. The highest BCUT2D eigenvalue weighted by Gasteiger charge is 2.25.